The van der Waals surface area contributed by atoms with Gasteiger partial charge in [0.2, 0.25) is 0 Å². The SMILES string of the molecule is CCCCOCC.COc1cc2c(Nc3ccc(Cl)c(C)c3)ncnc2cc1OCC1CN(CCCCO)CCCO1. The first kappa shape index (κ1) is 33.8. The Kier molecular flexibility index (Phi) is 15.1. The number of hydrogen-bond acceptors (Lipinski definition) is 9. The number of methoxy groups -OCH3 is 1. The van der Waals surface area contributed by atoms with Crippen molar-refractivity contribution in [3.8, 4) is 11.5 Å². The molecule has 0 spiro atoms. The second-order valence-electron chi connectivity index (χ2n) is 10.3. The topological polar surface area (TPSA) is 98.2 Å². The molecule has 1 aliphatic heterocycles. The number of nitrogens with zero attached hydrogens (tertiary/aromatic N) is 3. The lowest BCUT2D eigenvalue weighted by Gasteiger charge is -2.24. The molecule has 0 bridgehead atoms. The fraction of sp³-hybridized carbons (Fsp3) is 0.562. The van der Waals surface area contributed by atoms with Crippen LogP contribution in [0.25, 0.3) is 10.9 Å². The lowest BCUT2D eigenvalue weighted by Crippen LogP contribution is -2.35. The third-order valence-corrected chi connectivity index (χ3v) is 7.35. The van der Waals surface area contributed by atoms with Gasteiger partial charge in [-0.25, -0.2) is 9.97 Å². The van der Waals surface area contributed by atoms with Crippen molar-refractivity contribution in [3.63, 3.8) is 0 Å². The number of fused-ring (bicyclic) bond motifs is 1. The van der Waals surface area contributed by atoms with Gasteiger partial charge in [0.25, 0.3) is 0 Å². The highest BCUT2D eigenvalue weighted by molar-refractivity contribution is 6.31. The Bertz CT molecular complexity index is 1210. The summed E-state index contributed by atoms with van der Waals surface area (Å²) >= 11 is 6.16. The molecule has 9 nitrogen and oxygen atoms in total. The molecule has 1 fully saturated rings. The summed E-state index contributed by atoms with van der Waals surface area (Å²) in [5.41, 5.74) is 2.62. The van der Waals surface area contributed by atoms with Gasteiger partial charge in [-0.15, -0.1) is 0 Å². The molecule has 10 heteroatoms. The number of anilines is 2. The van der Waals surface area contributed by atoms with E-state index in [1.54, 1.807) is 7.11 Å². The highest BCUT2D eigenvalue weighted by Crippen LogP contribution is 2.35. The van der Waals surface area contributed by atoms with E-state index in [9.17, 15) is 0 Å². The monoisotopic (exact) mass is 602 g/mol. The maximum Gasteiger partial charge on any atom is 0.163 e. The minimum Gasteiger partial charge on any atom is -0.493 e. The van der Waals surface area contributed by atoms with Gasteiger partial charge in [-0.3, -0.25) is 0 Å². The van der Waals surface area contributed by atoms with Crippen molar-refractivity contribution in [2.75, 3.05) is 65.1 Å². The maximum absolute atomic E-state index is 9.06. The molecule has 2 N–H and O–H groups in total. The van der Waals surface area contributed by atoms with Gasteiger partial charge in [-0.1, -0.05) is 24.9 Å². The van der Waals surface area contributed by atoms with Gasteiger partial charge in [-0.05, 0) is 75.9 Å². The third-order valence-electron chi connectivity index (χ3n) is 6.93. The van der Waals surface area contributed by atoms with Crippen LogP contribution in [0.15, 0.2) is 36.7 Å². The van der Waals surface area contributed by atoms with Crippen molar-refractivity contribution in [3.05, 3.63) is 47.2 Å². The molecule has 1 aliphatic rings. The number of hydrogen-bond donors (Lipinski definition) is 2. The zero-order valence-corrected chi connectivity index (χ0v) is 26.3. The van der Waals surface area contributed by atoms with Gasteiger partial charge in [0, 0.05) is 61.7 Å². The Labute approximate surface area is 255 Å². The molecule has 2 aromatic carbocycles. The van der Waals surface area contributed by atoms with Crippen LogP contribution in [0, 0.1) is 6.92 Å². The summed E-state index contributed by atoms with van der Waals surface area (Å²) in [5.74, 6) is 1.90. The second-order valence-corrected chi connectivity index (χ2v) is 10.7. The van der Waals surface area contributed by atoms with Crippen molar-refractivity contribution in [1.29, 1.82) is 0 Å². The summed E-state index contributed by atoms with van der Waals surface area (Å²) in [6.07, 6.45) is 6.73. The molecule has 42 heavy (non-hydrogen) atoms. The van der Waals surface area contributed by atoms with Gasteiger partial charge in [0.05, 0.1) is 12.6 Å². The molecule has 3 aromatic rings. The van der Waals surface area contributed by atoms with E-state index in [-0.39, 0.29) is 12.7 Å². The molecule has 1 aromatic heterocycles. The summed E-state index contributed by atoms with van der Waals surface area (Å²) in [5, 5.41) is 14.0. The molecule has 232 valence electrons. The lowest BCUT2D eigenvalue weighted by atomic mass is 10.2. The summed E-state index contributed by atoms with van der Waals surface area (Å²) < 4.78 is 22.9. The van der Waals surface area contributed by atoms with Crippen LogP contribution < -0.4 is 14.8 Å². The standard InChI is InChI=1S/C26H33ClN4O4.C6H14O/c1-18-12-19(6-7-22(18)27)30-26-21-13-24(33-2)25(14-23(21)28-17-29-26)35-16-20-15-31(8-3-4-10-32)9-5-11-34-20;1-3-5-6-7-4-2/h6-7,12-14,17,20,32H,3-5,8-11,15-16H2,1-2H3,(H,28,29,30);3-6H2,1-2H3. The summed E-state index contributed by atoms with van der Waals surface area (Å²) in [4.78, 5) is 11.3. The molecule has 1 atom stereocenters. The van der Waals surface area contributed by atoms with E-state index in [2.05, 4.69) is 27.1 Å². The average molecular weight is 603 g/mol. The zero-order valence-electron chi connectivity index (χ0n) is 25.5. The number of unbranched alkanes of at least 4 members (excludes halogenated alkanes) is 2. The molecular weight excluding hydrogens is 556 g/mol. The number of aromatic nitrogens is 2. The Morgan fingerprint density at radius 3 is 2.71 bits per heavy atom. The Balaban J connectivity index is 0.000000616. The number of rotatable bonds is 14. The van der Waals surface area contributed by atoms with Gasteiger partial charge in [-0.2, -0.15) is 0 Å². The first-order chi connectivity index (χ1) is 20.5. The van der Waals surface area contributed by atoms with Gasteiger partial charge < -0.3 is 34.3 Å². The van der Waals surface area contributed by atoms with E-state index in [0.29, 0.717) is 30.5 Å². The predicted molar refractivity (Wildman–Crippen MR) is 170 cm³/mol. The van der Waals surface area contributed by atoms with E-state index < -0.39 is 0 Å². The molecule has 1 unspecified atom stereocenters. The van der Waals surface area contributed by atoms with Crippen molar-refractivity contribution in [1.82, 2.24) is 14.9 Å². The van der Waals surface area contributed by atoms with E-state index in [0.717, 1.165) is 79.3 Å². The minimum absolute atomic E-state index is 0.0391. The van der Waals surface area contributed by atoms with Crippen LogP contribution in [0.5, 0.6) is 11.5 Å². The lowest BCUT2D eigenvalue weighted by molar-refractivity contribution is 0.0201. The number of halogens is 1. The largest absolute Gasteiger partial charge is 0.493 e. The van der Waals surface area contributed by atoms with E-state index in [1.165, 1.54) is 19.2 Å². The Hall–Kier alpha value is -2.69. The third kappa shape index (κ3) is 10.9. The molecule has 0 radical (unpaired) electrons. The van der Waals surface area contributed by atoms with Gasteiger partial charge >= 0.3 is 0 Å². The number of benzene rings is 2. The quantitative estimate of drug-likeness (QED) is 0.203. The van der Waals surface area contributed by atoms with Crippen LogP contribution in [0.2, 0.25) is 5.02 Å². The molecule has 2 heterocycles. The number of ether oxygens (including phenoxy) is 4. The molecule has 0 saturated carbocycles. The van der Waals surface area contributed by atoms with Crippen LogP contribution in [-0.4, -0.2) is 85.9 Å². The predicted octanol–water partition coefficient (Wildman–Crippen LogP) is 6.41. The normalized spacial score (nSPS) is 15.5. The van der Waals surface area contributed by atoms with Crippen LogP contribution in [0.4, 0.5) is 11.5 Å². The zero-order chi connectivity index (χ0) is 30.2. The summed E-state index contributed by atoms with van der Waals surface area (Å²) in [6.45, 7) is 12.1. The number of aliphatic hydroxyl groups is 1. The fourth-order valence-corrected chi connectivity index (χ4v) is 4.71. The Morgan fingerprint density at radius 2 is 1.98 bits per heavy atom. The van der Waals surface area contributed by atoms with Crippen molar-refractivity contribution in [2.45, 2.75) is 59.0 Å². The van der Waals surface area contributed by atoms with Crippen LogP contribution in [0.3, 0.4) is 0 Å². The number of nitrogens with one attached hydrogen (secondary N) is 1. The van der Waals surface area contributed by atoms with Crippen LogP contribution in [-0.2, 0) is 9.47 Å². The van der Waals surface area contributed by atoms with Crippen molar-refractivity contribution in [2.24, 2.45) is 0 Å². The first-order valence-corrected chi connectivity index (χ1v) is 15.4. The second kappa shape index (κ2) is 18.8. The van der Waals surface area contributed by atoms with E-state index in [4.69, 9.17) is 35.7 Å². The molecule has 1 saturated heterocycles. The summed E-state index contributed by atoms with van der Waals surface area (Å²) in [7, 11) is 1.62. The van der Waals surface area contributed by atoms with Crippen molar-refractivity contribution >= 4 is 34.0 Å². The van der Waals surface area contributed by atoms with Gasteiger partial charge in [0.1, 0.15) is 24.9 Å². The maximum atomic E-state index is 9.06. The number of aryl methyl sites for hydroxylation is 1. The fourth-order valence-electron chi connectivity index (χ4n) is 4.59. The summed E-state index contributed by atoms with van der Waals surface area (Å²) in [6, 6.07) is 9.52. The van der Waals surface area contributed by atoms with E-state index >= 15 is 0 Å². The van der Waals surface area contributed by atoms with Crippen LogP contribution in [0.1, 0.15) is 51.5 Å². The molecule has 0 aliphatic carbocycles. The van der Waals surface area contributed by atoms with Crippen LogP contribution >= 0.6 is 11.6 Å². The van der Waals surface area contributed by atoms with Gasteiger partial charge in [0.15, 0.2) is 11.5 Å². The molecular formula is C32H47ClN4O5. The average Bonchev–Trinajstić information content (AvgIpc) is 3.23. The Morgan fingerprint density at radius 1 is 1.12 bits per heavy atom. The molecule has 4 rings (SSSR count). The number of aliphatic hydroxyl groups excluding tert-OH is 1. The molecule has 0 amide bonds. The van der Waals surface area contributed by atoms with Crippen molar-refractivity contribution < 1.29 is 24.1 Å². The first-order valence-electron chi connectivity index (χ1n) is 15.0. The minimum atomic E-state index is -0.0391. The highest BCUT2D eigenvalue weighted by atomic mass is 35.5. The van der Waals surface area contributed by atoms with E-state index in [1.807, 2.05) is 44.2 Å². The highest BCUT2D eigenvalue weighted by Gasteiger charge is 2.20. The smallest absolute Gasteiger partial charge is 0.163 e.